The van der Waals surface area contributed by atoms with Crippen LogP contribution in [0.5, 0.6) is 5.75 Å². The van der Waals surface area contributed by atoms with Crippen molar-refractivity contribution in [1.29, 1.82) is 0 Å². The van der Waals surface area contributed by atoms with E-state index >= 15 is 0 Å². The molecule has 11 heteroatoms. The smallest absolute Gasteiger partial charge is 0.265 e. The summed E-state index contributed by atoms with van der Waals surface area (Å²) < 4.78 is 64.7. The molecule has 9 nitrogen and oxygen atoms in total. The van der Waals surface area contributed by atoms with Crippen LogP contribution in [0.2, 0.25) is 0 Å². The number of piperazine rings is 1. The fraction of sp³-hybridized carbons (Fsp3) is 0.364. The molecule has 2 atom stereocenters. The van der Waals surface area contributed by atoms with Gasteiger partial charge in [0, 0.05) is 24.5 Å². The van der Waals surface area contributed by atoms with Crippen LogP contribution in [0, 0.1) is 6.92 Å². The normalized spacial score (nSPS) is 22.3. The number of fused-ring (bicyclic) bond motifs is 2. The van der Waals surface area contributed by atoms with Crippen molar-refractivity contribution in [2.75, 3.05) is 41.3 Å². The minimum atomic E-state index is -3.95. The predicted octanol–water partition coefficient (Wildman–Crippen LogP) is 2.13. The molecule has 0 saturated carbocycles. The van der Waals surface area contributed by atoms with Crippen molar-refractivity contribution in [3.8, 4) is 5.75 Å². The molecule has 0 bridgehead atoms. The number of aryl methyl sites for hydroxylation is 1. The van der Waals surface area contributed by atoms with E-state index in [1.807, 2.05) is 11.8 Å². The van der Waals surface area contributed by atoms with E-state index in [4.69, 9.17) is 9.15 Å². The van der Waals surface area contributed by atoms with Crippen molar-refractivity contribution in [1.82, 2.24) is 5.32 Å². The van der Waals surface area contributed by atoms with Crippen LogP contribution < -0.4 is 19.7 Å². The summed E-state index contributed by atoms with van der Waals surface area (Å²) in [6.07, 6.45) is 1.54. The van der Waals surface area contributed by atoms with E-state index in [2.05, 4.69) is 10.0 Å². The zero-order chi connectivity index (χ0) is 23.4. The molecule has 2 aliphatic heterocycles. The number of nitrogens with zero attached hydrogens (tertiary/aromatic N) is 1. The number of nitrogens with one attached hydrogen (secondary N) is 2. The molecular formula is C22H25N3O6S2. The van der Waals surface area contributed by atoms with Crippen molar-refractivity contribution in [2.24, 2.45) is 0 Å². The van der Waals surface area contributed by atoms with Gasteiger partial charge in [0.05, 0.1) is 42.3 Å². The number of hydrogen-bond donors (Lipinski definition) is 2. The van der Waals surface area contributed by atoms with E-state index in [9.17, 15) is 16.8 Å². The molecule has 2 fully saturated rings. The first kappa shape index (κ1) is 22.1. The van der Waals surface area contributed by atoms with Crippen LogP contribution >= 0.6 is 0 Å². The van der Waals surface area contributed by atoms with Crippen LogP contribution in [-0.2, 0) is 19.9 Å². The maximum absolute atomic E-state index is 13.2. The van der Waals surface area contributed by atoms with Gasteiger partial charge in [-0.2, -0.15) is 0 Å². The van der Waals surface area contributed by atoms with Gasteiger partial charge in [-0.15, -0.1) is 0 Å². The number of sulfone groups is 1. The third-order valence-corrected chi connectivity index (χ3v) is 9.30. The fourth-order valence-corrected chi connectivity index (χ4v) is 7.96. The van der Waals surface area contributed by atoms with Crippen LogP contribution in [-0.4, -0.2) is 60.6 Å². The monoisotopic (exact) mass is 491 g/mol. The summed E-state index contributed by atoms with van der Waals surface area (Å²) >= 11 is 0. The Morgan fingerprint density at radius 3 is 2.79 bits per heavy atom. The Bertz CT molecular complexity index is 1430. The topological polar surface area (TPSA) is 118 Å². The summed E-state index contributed by atoms with van der Waals surface area (Å²) in [5.41, 5.74) is 2.41. The molecule has 2 N–H and O–H groups in total. The summed E-state index contributed by atoms with van der Waals surface area (Å²) in [4.78, 5) is 2.06. The van der Waals surface area contributed by atoms with Crippen LogP contribution in [0.25, 0.3) is 11.0 Å². The zero-order valence-electron chi connectivity index (χ0n) is 18.2. The lowest BCUT2D eigenvalue weighted by molar-refractivity contribution is 0.402. The molecule has 1 aromatic heterocycles. The summed E-state index contributed by atoms with van der Waals surface area (Å²) in [6.45, 7) is 3.01. The number of rotatable bonds is 5. The summed E-state index contributed by atoms with van der Waals surface area (Å²) in [6, 6.07) is 9.70. The third-order valence-electron chi connectivity index (χ3n) is 6.18. The maximum Gasteiger partial charge on any atom is 0.265 e. The molecule has 176 valence electrons. The van der Waals surface area contributed by atoms with Crippen LogP contribution in [0.15, 0.2) is 52.0 Å². The minimum Gasteiger partial charge on any atom is -0.495 e. The quantitative estimate of drug-likeness (QED) is 0.557. The van der Waals surface area contributed by atoms with Crippen molar-refractivity contribution < 1.29 is 26.0 Å². The van der Waals surface area contributed by atoms with Crippen molar-refractivity contribution in [2.45, 2.75) is 23.9 Å². The standard InChI is InChI=1S/C22H25N3O6S2/c1-14-3-4-20(30-2)21(9-14)33(28,29)24-16-10-15-5-8-31-22(15)18(11-16)25-7-6-23-17-12-32(26,27)13-19(17)25/h3-5,8-11,17,19,23-24H,6-7,12-13H2,1-2H3. The summed E-state index contributed by atoms with van der Waals surface area (Å²) in [7, 11) is -5.68. The van der Waals surface area contributed by atoms with Gasteiger partial charge in [-0.3, -0.25) is 4.72 Å². The van der Waals surface area contributed by atoms with Gasteiger partial charge in [0.25, 0.3) is 10.0 Å². The van der Waals surface area contributed by atoms with Gasteiger partial charge >= 0.3 is 0 Å². The third kappa shape index (κ3) is 4.04. The molecule has 3 heterocycles. The Labute approximate surface area is 192 Å². The van der Waals surface area contributed by atoms with Crippen LogP contribution in [0.4, 0.5) is 11.4 Å². The highest BCUT2D eigenvalue weighted by Gasteiger charge is 2.43. The van der Waals surface area contributed by atoms with Crippen molar-refractivity contribution >= 4 is 42.2 Å². The summed E-state index contributed by atoms with van der Waals surface area (Å²) in [5, 5.41) is 4.01. The highest BCUT2D eigenvalue weighted by atomic mass is 32.2. The molecular weight excluding hydrogens is 466 g/mol. The number of methoxy groups -OCH3 is 1. The first-order chi connectivity index (χ1) is 15.7. The van der Waals surface area contributed by atoms with E-state index in [1.165, 1.54) is 7.11 Å². The van der Waals surface area contributed by atoms with Gasteiger partial charge in [0.15, 0.2) is 15.4 Å². The number of hydrogen-bond acceptors (Lipinski definition) is 8. The minimum absolute atomic E-state index is 0.0444. The second kappa shape index (κ2) is 7.93. The van der Waals surface area contributed by atoms with Crippen LogP contribution in [0.1, 0.15) is 5.56 Å². The second-order valence-corrected chi connectivity index (χ2v) is 12.3. The lowest BCUT2D eigenvalue weighted by Crippen LogP contribution is -2.57. The lowest BCUT2D eigenvalue weighted by Gasteiger charge is -2.39. The van der Waals surface area contributed by atoms with Crippen LogP contribution in [0.3, 0.4) is 0 Å². The van der Waals surface area contributed by atoms with Gasteiger partial charge in [0.1, 0.15) is 10.6 Å². The Kier molecular flexibility index (Phi) is 5.30. The second-order valence-electron chi connectivity index (χ2n) is 8.49. The summed E-state index contributed by atoms with van der Waals surface area (Å²) in [5.74, 6) is 0.386. The molecule has 0 amide bonds. The van der Waals surface area contributed by atoms with Gasteiger partial charge in [-0.05, 0) is 42.8 Å². The first-order valence-electron chi connectivity index (χ1n) is 10.6. The molecule has 2 aromatic carbocycles. The predicted molar refractivity (Wildman–Crippen MR) is 126 cm³/mol. The van der Waals surface area contributed by atoms with E-state index in [0.29, 0.717) is 30.0 Å². The molecule has 5 rings (SSSR count). The average Bonchev–Trinajstić information content (AvgIpc) is 3.35. The Morgan fingerprint density at radius 2 is 2.00 bits per heavy atom. The Morgan fingerprint density at radius 1 is 1.18 bits per heavy atom. The van der Waals surface area contributed by atoms with Crippen molar-refractivity contribution in [3.63, 3.8) is 0 Å². The molecule has 33 heavy (non-hydrogen) atoms. The zero-order valence-corrected chi connectivity index (χ0v) is 19.9. The fourth-order valence-electron chi connectivity index (χ4n) is 4.71. The number of furan rings is 1. The van der Waals surface area contributed by atoms with Gasteiger partial charge in [-0.1, -0.05) is 6.07 Å². The lowest BCUT2D eigenvalue weighted by atomic mass is 10.1. The maximum atomic E-state index is 13.2. The van der Waals surface area contributed by atoms with Crippen molar-refractivity contribution in [3.05, 3.63) is 48.2 Å². The number of sulfonamides is 1. The van der Waals surface area contributed by atoms with E-state index in [-0.39, 0.29) is 34.2 Å². The average molecular weight is 492 g/mol. The molecule has 0 spiro atoms. The van der Waals surface area contributed by atoms with Gasteiger partial charge in [0.2, 0.25) is 0 Å². The number of benzene rings is 2. The Balaban J connectivity index is 1.56. The van der Waals surface area contributed by atoms with Gasteiger partial charge < -0.3 is 19.4 Å². The van der Waals surface area contributed by atoms with Gasteiger partial charge in [-0.25, -0.2) is 16.8 Å². The molecule has 2 saturated heterocycles. The molecule has 2 unspecified atom stereocenters. The van der Waals surface area contributed by atoms with E-state index in [1.54, 1.807) is 42.7 Å². The molecule has 3 aromatic rings. The van der Waals surface area contributed by atoms with E-state index in [0.717, 1.165) is 10.9 Å². The first-order valence-corrected chi connectivity index (χ1v) is 13.9. The SMILES string of the molecule is COc1ccc(C)cc1S(=O)(=O)Nc1cc(N2CCNC3CS(=O)(=O)CC32)c2occc2c1. The molecule has 2 aliphatic rings. The Hall–Kier alpha value is -2.76. The van der Waals surface area contributed by atoms with E-state index < -0.39 is 19.9 Å². The number of anilines is 2. The molecule has 0 aliphatic carbocycles. The molecule has 0 radical (unpaired) electrons. The highest BCUT2D eigenvalue weighted by Crippen LogP contribution is 2.37. The largest absolute Gasteiger partial charge is 0.495 e. The number of ether oxygens (including phenoxy) is 1. The highest BCUT2D eigenvalue weighted by molar-refractivity contribution is 7.93.